The van der Waals surface area contributed by atoms with Crippen molar-refractivity contribution < 1.29 is 19.1 Å². The highest BCUT2D eigenvalue weighted by atomic mass is 19.1. The molecule has 6 rings (SSSR count). The summed E-state index contributed by atoms with van der Waals surface area (Å²) in [5.41, 5.74) is 5.69. The van der Waals surface area contributed by atoms with Gasteiger partial charge in [0.1, 0.15) is 11.5 Å². The molecule has 208 valence electrons. The maximum absolute atomic E-state index is 14.2. The lowest BCUT2D eigenvalue weighted by atomic mass is 9.95. The Morgan fingerprint density at radius 2 is 1.48 bits per heavy atom. The molecule has 6 heteroatoms. The van der Waals surface area contributed by atoms with Crippen LogP contribution in [0.15, 0.2) is 115 Å². The molecule has 0 unspecified atom stereocenters. The van der Waals surface area contributed by atoms with Crippen molar-refractivity contribution in [3.8, 4) is 11.1 Å². The molecule has 0 saturated carbocycles. The Labute approximate surface area is 242 Å². The van der Waals surface area contributed by atoms with Crippen LogP contribution in [-0.2, 0) is 0 Å². The highest BCUT2D eigenvalue weighted by Crippen LogP contribution is 2.32. The van der Waals surface area contributed by atoms with Crippen molar-refractivity contribution in [2.24, 2.45) is 0 Å². The van der Waals surface area contributed by atoms with Gasteiger partial charge in [0, 0.05) is 17.1 Å². The summed E-state index contributed by atoms with van der Waals surface area (Å²) in [6.45, 7) is 3.98. The van der Waals surface area contributed by atoms with Crippen LogP contribution in [0.2, 0.25) is 0 Å². The Morgan fingerprint density at radius 1 is 0.738 bits per heavy atom. The maximum Gasteiger partial charge on any atom is 0.335 e. The third-order valence-electron chi connectivity index (χ3n) is 7.89. The summed E-state index contributed by atoms with van der Waals surface area (Å²) in [6, 6.07) is 34.9. The number of aromatic nitrogens is 1. The fraction of sp³-hybridized carbons (Fsp3) is 0.111. The molecule has 6 aromatic rings. The van der Waals surface area contributed by atoms with Crippen LogP contribution in [0.1, 0.15) is 63.5 Å². The quantitative estimate of drug-likeness (QED) is 0.208. The Morgan fingerprint density at radius 3 is 2.21 bits per heavy atom. The summed E-state index contributed by atoms with van der Waals surface area (Å²) < 4.78 is 16.1. The molecule has 5 nitrogen and oxygen atoms in total. The van der Waals surface area contributed by atoms with Gasteiger partial charge in [-0.15, -0.1) is 0 Å². The minimum absolute atomic E-state index is 0.0235. The largest absolute Gasteiger partial charge is 0.478 e. The highest BCUT2D eigenvalue weighted by Gasteiger charge is 2.21. The van der Waals surface area contributed by atoms with Crippen molar-refractivity contribution in [1.29, 1.82) is 0 Å². The topological polar surface area (TPSA) is 70.8 Å². The minimum atomic E-state index is -1.00. The van der Waals surface area contributed by atoms with Crippen molar-refractivity contribution in [1.82, 2.24) is 9.72 Å². The molecule has 0 aliphatic rings. The van der Waals surface area contributed by atoms with Crippen LogP contribution in [0.4, 0.5) is 4.39 Å². The number of pyridine rings is 1. The van der Waals surface area contributed by atoms with Gasteiger partial charge in [0.15, 0.2) is 0 Å². The minimum Gasteiger partial charge on any atom is -0.478 e. The zero-order valence-electron chi connectivity index (χ0n) is 23.2. The van der Waals surface area contributed by atoms with Crippen LogP contribution in [0.3, 0.4) is 0 Å². The van der Waals surface area contributed by atoms with E-state index in [1.54, 1.807) is 24.3 Å². The Balaban J connectivity index is 1.43. The lowest BCUT2D eigenvalue weighted by Gasteiger charge is -2.20. The fourth-order valence-corrected chi connectivity index (χ4v) is 5.53. The van der Waals surface area contributed by atoms with E-state index in [1.165, 1.54) is 29.7 Å². The second kappa shape index (κ2) is 11.0. The summed E-state index contributed by atoms with van der Waals surface area (Å²) >= 11 is 0. The number of carbonyl (C=O) groups excluding carboxylic acids is 1. The lowest BCUT2D eigenvalue weighted by Crippen LogP contribution is -2.29. The first-order chi connectivity index (χ1) is 20.3. The van der Waals surface area contributed by atoms with Crippen LogP contribution >= 0.6 is 0 Å². The molecule has 0 aliphatic heterocycles. The predicted molar refractivity (Wildman–Crippen MR) is 164 cm³/mol. The van der Waals surface area contributed by atoms with Gasteiger partial charge in [-0.25, -0.2) is 9.18 Å². The third-order valence-corrected chi connectivity index (χ3v) is 7.89. The molecule has 2 N–H and O–H groups in total. The highest BCUT2D eigenvalue weighted by molar-refractivity contribution is 5.96. The number of aromatic carboxylic acids is 1. The van der Waals surface area contributed by atoms with Gasteiger partial charge in [0.05, 0.1) is 11.6 Å². The lowest BCUT2D eigenvalue weighted by molar-refractivity contribution is 0.0696. The SMILES string of the molecule is C[C@@H](c1ccc2ccccc2c1)c1ccc2cc(-c3cccc(F)c3)cc(C(=O)N[C@@H](C)c3ccc(C(=O)O)cc3)n12. The zero-order chi connectivity index (χ0) is 29.4. The van der Waals surface area contributed by atoms with E-state index in [4.69, 9.17) is 0 Å². The van der Waals surface area contributed by atoms with Gasteiger partial charge in [-0.05, 0) is 88.5 Å². The predicted octanol–water partition coefficient (Wildman–Crippen LogP) is 8.24. The molecule has 2 atom stereocenters. The van der Waals surface area contributed by atoms with Crippen molar-refractivity contribution in [3.05, 3.63) is 149 Å². The number of fused-ring (bicyclic) bond motifs is 2. The van der Waals surface area contributed by atoms with Crippen LogP contribution < -0.4 is 5.32 Å². The second-order valence-electron chi connectivity index (χ2n) is 10.6. The molecule has 0 bridgehead atoms. The van der Waals surface area contributed by atoms with Crippen LogP contribution in [0, 0.1) is 5.82 Å². The molecule has 0 aliphatic carbocycles. The number of carboxylic acids is 1. The maximum atomic E-state index is 14.2. The van der Waals surface area contributed by atoms with E-state index in [0.717, 1.165) is 33.3 Å². The summed E-state index contributed by atoms with van der Waals surface area (Å²) in [5.74, 6) is -1.67. The first-order valence-corrected chi connectivity index (χ1v) is 13.8. The third kappa shape index (κ3) is 5.15. The number of nitrogens with zero attached hydrogens (tertiary/aromatic N) is 1. The molecule has 1 amide bonds. The van der Waals surface area contributed by atoms with Crippen molar-refractivity contribution >= 4 is 28.2 Å². The molecule has 2 heterocycles. The standard InChI is InChI=1S/C36H29FN2O3/c1-22(27-15-12-25-6-3-4-7-28(25)18-27)33-17-16-32-20-30(29-8-5-9-31(37)19-29)21-34(39(32)33)35(40)38-23(2)24-10-13-26(14-11-24)36(41)42/h3-23H,1-2H3,(H,38,40)(H,41,42)/t22-,23-/m0/s1. The Kier molecular flexibility index (Phi) is 7.05. The van der Waals surface area contributed by atoms with Gasteiger partial charge in [0.25, 0.3) is 5.91 Å². The first-order valence-electron chi connectivity index (χ1n) is 13.8. The summed E-state index contributed by atoms with van der Waals surface area (Å²) in [5, 5.41) is 14.6. The van der Waals surface area contributed by atoms with Gasteiger partial charge < -0.3 is 14.8 Å². The molecule has 0 spiro atoms. The number of carbonyl (C=O) groups is 2. The number of carboxylic acid groups (broad SMARTS) is 1. The molecular formula is C36H29FN2O3. The molecule has 4 aromatic carbocycles. The Hall–Kier alpha value is -5.23. The summed E-state index contributed by atoms with van der Waals surface area (Å²) in [4.78, 5) is 25.2. The van der Waals surface area contributed by atoms with E-state index >= 15 is 0 Å². The smallest absolute Gasteiger partial charge is 0.335 e. The van der Waals surface area contributed by atoms with Gasteiger partial charge in [-0.2, -0.15) is 0 Å². The van der Waals surface area contributed by atoms with Gasteiger partial charge in [0.2, 0.25) is 0 Å². The van der Waals surface area contributed by atoms with Crippen molar-refractivity contribution in [3.63, 3.8) is 0 Å². The van der Waals surface area contributed by atoms with E-state index < -0.39 is 5.97 Å². The normalized spacial score (nSPS) is 12.7. The first kappa shape index (κ1) is 27.0. The number of hydrogen-bond acceptors (Lipinski definition) is 2. The number of hydrogen-bond donors (Lipinski definition) is 2. The van der Waals surface area contributed by atoms with Gasteiger partial charge in [-0.1, -0.05) is 73.7 Å². The molecule has 2 aromatic heterocycles. The van der Waals surface area contributed by atoms with Crippen molar-refractivity contribution in [2.45, 2.75) is 25.8 Å². The number of nitrogens with one attached hydrogen (secondary N) is 1. The number of halogens is 1. The number of amides is 1. The van der Waals surface area contributed by atoms with E-state index in [0.29, 0.717) is 11.3 Å². The molecule has 0 saturated heterocycles. The van der Waals surface area contributed by atoms with E-state index in [9.17, 15) is 19.1 Å². The van der Waals surface area contributed by atoms with Crippen LogP contribution in [0.5, 0.6) is 0 Å². The van der Waals surface area contributed by atoms with E-state index in [2.05, 4.69) is 42.6 Å². The van der Waals surface area contributed by atoms with Gasteiger partial charge in [-0.3, -0.25) is 4.79 Å². The monoisotopic (exact) mass is 556 g/mol. The molecule has 0 radical (unpaired) electrons. The van der Waals surface area contributed by atoms with E-state index in [1.807, 2.05) is 47.7 Å². The average molecular weight is 557 g/mol. The molecule has 42 heavy (non-hydrogen) atoms. The van der Waals surface area contributed by atoms with Crippen molar-refractivity contribution in [2.75, 3.05) is 0 Å². The Bertz CT molecular complexity index is 1960. The van der Waals surface area contributed by atoms with Gasteiger partial charge >= 0.3 is 5.97 Å². The van der Waals surface area contributed by atoms with E-state index in [-0.39, 0.29) is 29.2 Å². The zero-order valence-corrected chi connectivity index (χ0v) is 23.2. The number of rotatable bonds is 7. The second-order valence-corrected chi connectivity index (χ2v) is 10.6. The average Bonchev–Trinajstić information content (AvgIpc) is 3.44. The van der Waals surface area contributed by atoms with Crippen LogP contribution in [0.25, 0.3) is 27.4 Å². The summed E-state index contributed by atoms with van der Waals surface area (Å²) in [6.07, 6.45) is 0. The molecule has 0 fully saturated rings. The fourth-order valence-electron chi connectivity index (χ4n) is 5.53. The molecular weight excluding hydrogens is 527 g/mol. The summed E-state index contributed by atoms with van der Waals surface area (Å²) in [7, 11) is 0. The number of benzene rings is 4. The van der Waals surface area contributed by atoms with Crippen LogP contribution in [-0.4, -0.2) is 21.4 Å².